The molecule has 5 rings (SSSR count). The van der Waals surface area contributed by atoms with Crippen molar-refractivity contribution in [3.8, 4) is 5.75 Å². The first-order valence-electron chi connectivity index (χ1n) is 17.3. The lowest BCUT2D eigenvalue weighted by atomic mass is 9.68. The summed E-state index contributed by atoms with van der Waals surface area (Å²) in [5.74, 6) is 1.19. The Hall–Kier alpha value is -1.99. The number of nitrogens with zero attached hydrogens (tertiary/aromatic N) is 1. The van der Waals surface area contributed by atoms with Crippen LogP contribution in [-0.4, -0.2) is 46.7 Å². The van der Waals surface area contributed by atoms with Gasteiger partial charge in [-0.25, -0.2) is 4.79 Å². The number of anilines is 1. The van der Waals surface area contributed by atoms with Crippen molar-refractivity contribution in [2.75, 3.05) is 31.2 Å². The summed E-state index contributed by atoms with van der Waals surface area (Å²) in [4.78, 5) is 15.5. The van der Waals surface area contributed by atoms with Crippen molar-refractivity contribution < 1.29 is 18.7 Å². The van der Waals surface area contributed by atoms with Crippen LogP contribution in [0.4, 0.5) is 5.69 Å². The SMILES string of the molecule is CCC/C=C/C(O[Si](C)(C)C(C)(C)C)[C@@H]1CC[C@H]1CN1C[C@@]2(CCCc3cc(Cl)ccc32)COc2cc(Cl)c(C(=O)OCC)cc21. The topological polar surface area (TPSA) is 48.0 Å². The second-order valence-corrected chi connectivity index (χ2v) is 20.8. The first kappa shape index (κ1) is 35.3. The number of esters is 1. The van der Waals surface area contributed by atoms with E-state index in [1.807, 2.05) is 25.1 Å². The van der Waals surface area contributed by atoms with Crippen molar-refractivity contribution in [3.05, 3.63) is 69.2 Å². The fourth-order valence-electron chi connectivity index (χ4n) is 7.22. The highest BCUT2D eigenvalue weighted by atomic mass is 35.5. The van der Waals surface area contributed by atoms with Crippen molar-refractivity contribution in [2.24, 2.45) is 11.8 Å². The van der Waals surface area contributed by atoms with Gasteiger partial charge in [0, 0.05) is 29.6 Å². The highest BCUT2D eigenvalue weighted by Gasteiger charge is 2.46. The molecule has 1 spiro atoms. The van der Waals surface area contributed by atoms with Crippen LogP contribution in [-0.2, 0) is 21.0 Å². The maximum absolute atomic E-state index is 13.0. The Morgan fingerprint density at radius 2 is 1.96 bits per heavy atom. The van der Waals surface area contributed by atoms with Gasteiger partial charge in [0.15, 0.2) is 8.32 Å². The molecule has 4 atom stereocenters. The van der Waals surface area contributed by atoms with Crippen LogP contribution >= 0.6 is 23.2 Å². The van der Waals surface area contributed by atoms with E-state index in [1.54, 1.807) is 0 Å². The maximum Gasteiger partial charge on any atom is 0.339 e. The summed E-state index contributed by atoms with van der Waals surface area (Å²) >= 11 is 13.2. The summed E-state index contributed by atoms with van der Waals surface area (Å²) in [5.41, 5.74) is 3.73. The molecule has 0 radical (unpaired) electrons. The Morgan fingerprint density at radius 3 is 2.63 bits per heavy atom. The molecule has 0 bridgehead atoms. The highest BCUT2D eigenvalue weighted by molar-refractivity contribution is 6.74. The minimum absolute atomic E-state index is 0.0979. The molecule has 2 aromatic rings. The van der Waals surface area contributed by atoms with Gasteiger partial charge in [0.25, 0.3) is 0 Å². The monoisotopic (exact) mass is 685 g/mol. The average molecular weight is 687 g/mol. The zero-order valence-electron chi connectivity index (χ0n) is 28.9. The largest absolute Gasteiger partial charge is 0.490 e. The molecule has 0 saturated heterocycles. The number of ether oxygens (including phenoxy) is 2. The fourth-order valence-corrected chi connectivity index (χ4v) is 8.93. The molecule has 0 amide bonds. The number of allylic oxidation sites excluding steroid dienone is 1. The van der Waals surface area contributed by atoms with Gasteiger partial charge in [-0.3, -0.25) is 0 Å². The molecule has 1 aliphatic heterocycles. The van der Waals surface area contributed by atoms with E-state index in [4.69, 9.17) is 37.1 Å². The number of carbonyl (C=O) groups is 1. The number of rotatable bonds is 10. The lowest BCUT2D eigenvalue weighted by molar-refractivity contribution is 0.0524. The van der Waals surface area contributed by atoms with E-state index in [0.29, 0.717) is 35.6 Å². The lowest BCUT2D eigenvalue weighted by Crippen LogP contribution is -2.52. The number of fused-ring (bicyclic) bond motifs is 3. The zero-order valence-corrected chi connectivity index (χ0v) is 31.4. The second kappa shape index (κ2) is 14.2. The van der Waals surface area contributed by atoms with Gasteiger partial charge in [-0.05, 0) is 105 Å². The van der Waals surface area contributed by atoms with E-state index < -0.39 is 14.3 Å². The number of hydrogen-bond donors (Lipinski definition) is 0. The minimum atomic E-state index is -1.99. The molecule has 3 aliphatic rings. The Morgan fingerprint density at radius 1 is 1.17 bits per heavy atom. The fraction of sp³-hybridized carbons (Fsp3) is 0.605. The van der Waals surface area contributed by atoms with Gasteiger partial charge < -0.3 is 18.8 Å². The lowest BCUT2D eigenvalue weighted by Gasteiger charge is -2.48. The Balaban J connectivity index is 1.52. The van der Waals surface area contributed by atoms with Crippen molar-refractivity contribution in [3.63, 3.8) is 0 Å². The van der Waals surface area contributed by atoms with Gasteiger partial charge >= 0.3 is 5.97 Å². The van der Waals surface area contributed by atoms with Crippen molar-refractivity contribution in [2.45, 2.75) is 109 Å². The smallest absolute Gasteiger partial charge is 0.339 e. The third-order valence-electron chi connectivity index (χ3n) is 11.0. The third-order valence-corrected chi connectivity index (χ3v) is 16.0. The van der Waals surface area contributed by atoms with Gasteiger partial charge in [-0.1, -0.05) is 75.5 Å². The summed E-state index contributed by atoms with van der Waals surface area (Å²) < 4.78 is 19.2. The normalized spacial score (nSPS) is 23.7. The van der Waals surface area contributed by atoms with Gasteiger partial charge in [0.2, 0.25) is 0 Å². The molecule has 1 heterocycles. The molecular weight excluding hydrogens is 633 g/mol. The number of carbonyl (C=O) groups excluding carboxylic acids is 1. The highest BCUT2D eigenvalue weighted by Crippen LogP contribution is 2.49. The standard InChI is InChI=1S/C38H53Cl2NO4Si/c1-8-10-11-14-34(45-46(6,7)37(3,4)5)29-17-15-27(29)23-41-24-38(19-12-13-26-20-28(39)16-18-31(26)38)25-44-35-22-32(40)30(21-33(35)41)36(42)43-9-2/h11,14,16,18,20-22,27,29,34H,8-10,12-13,15,17,19,23-25H2,1-7H3/b14-11+/t27-,29+,34?,38-/m0/s1. The Labute approximate surface area is 288 Å². The first-order chi connectivity index (χ1) is 21.8. The van der Waals surface area contributed by atoms with Crippen LogP contribution in [0.3, 0.4) is 0 Å². The van der Waals surface area contributed by atoms with Gasteiger partial charge in [-0.15, -0.1) is 0 Å². The van der Waals surface area contributed by atoms with Crippen LogP contribution in [0.5, 0.6) is 5.75 Å². The third kappa shape index (κ3) is 7.35. The molecular formula is C38H53Cl2NO4Si. The first-order valence-corrected chi connectivity index (χ1v) is 21.0. The molecule has 1 saturated carbocycles. The van der Waals surface area contributed by atoms with Crippen LogP contribution in [0.25, 0.3) is 0 Å². The number of hydrogen-bond acceptors (Lipinski definition) is 5. The molecule has 1 unspecified atom stereocenters. The van der Waals surface area contributed by atoms with E-state index in [2.05, 4.69) is 70.0 Å². The Bertz CT molecular complexity index is 1440. The number of unbranched alkanes of at least 4 members (excludes halogenated alkanes) is 1. The van der Waals surface area contributed by atoms with E-state index >= 15 is 0 Å². The average Bonchev–Trinajstić information content (AvgIpc) is 3.11. The quantitative estimate of drug-likeness (QED) is 0.141. The molecule has 0 N–H and O–H groups in total. The van der Waals surface area contributed by atoms with Crippen LogP contribution in [0.2, 0.25) is 28.2 Å². The zero-order chi connectivity index (χ0) is 33.3. The van der Waals surface area contributed by atoms with E-state index in [0.717, 1.165) is 74.5 Å². The summed E-state index contributed by atoms with van der Waals surface area (Å²) in [5, 5.41) is 1.27. The second-order valence-electron chi connectivity index (χ2n) is 15.2. The molecule has 0 aromatic heterocycles. The van der Waals surface area contributed by atoms with E-state index in [9.17, 15) is 4.79 Å². The Kier molecular flexibility index (Phi) is 10.9. The van der Waals surface area contributed by atoms with Crippen LogP contribution in [0, 0.1) is 11.8 Å². The van der Waals surface area contributed by atoms with E-state index in [1.165, 1.54) is 11.1 Å². The van der Waals surface area contributed by atoms with Gasteiger partial charge in [0.1, 0.15) is 5.75 Å². The molecule has 5 nitrogen and oxygen atoms in total. The maximum atomic E-state index is 13.0. The van der Waals surface area contributed by atoms with Gasteiger partial charge in [0.05, 0.1) is 35.6 Å². The number of halogens is 2. The van der Waals surface area contributed by atoms with Crippen molar-refractivity contribution >= 4 is 43.2 Å². The predicted molar refractivity (Wildman–Crippen MR) is 194 cm³/mol. The van der Waals surface area contributed by atoms with Crippen LogP contribution in [0.15, 0.2) is 42.5 Å². The molecule has 2 aliphatic carbocycles. The predicted octanol–water partition coefficient (Wildman–Crippen LogP) is 10.4. The van der Waals surface area contributed by atoms with Crippen molar-refractivity contribution in [1.29, 1.82) is 0 Å². The molecule has 252 valence electrons. The molecule has 2 aromatic carbocycles. The molecule has 46 heavy (non-hydrogen) atoms. The van der Waals surface area contributed by atoms with Gasteiger partial charge in [-0.2, -0.15) is 0 Å². The number of benzene rings is 2. The molecule has 1 fully saturated rings. The summed E-state index contributed by atoms with van der Waals surface area (Å²) in [7, 11) is -1.99. The molecule has 8 heteroatoms. The van der Waals surface area contributed by atoms with E-state index in [-0.39, 0.29) is 16.6 Å². The van der Waals surface area contributed by atoms with Crippen LogP contribution < -0.4 is 9.64 Å². The minimum Gasteiger partial charge on any atom is -0.490 e. The van der Waals surface area contributed by atoms with Crippen LogP contribution in [0.1, 0.15) is 94.6 Å². The summed E-state index contributed by atoms with van der Waals surface area (Å²) in [6, 6.07) is 10.1. The van der Waals surface area contributed by atoms with Crippen molar-refractivity contribution in [1.82, 2.24) is 0 Å². The number of aryl methyl sites for hydroxylation is 1. The summed E-state index contributed by atoms with van der Waals surface area (Å²) in [6.45, 7) is 18.2. The summed E-state index contributed by atoms with van der Waals surface area (Å²) in [6.07, 6.45) is 12.4.